The quantitative estimate of drug-likeness (QED) is 0.882. The second kappa shape index (κ2) is 6.04. The topological polar surface area (TPSA) is 81.4 Å². The number of hydrogen-bond acceptors (Lipinski definition) is 6. The Hall–Kier alpha value is -1.22. The fourth-order valence-corrected chi connectivity index (χ4v) is 4.59. The van der Waals surface area contributed by atoms with Gasteiger partial charge >= 0.3 is 0 Å². The van der Waals surface area contributed by atoms with Gasteiger partial charge in [0.15, 0.2) is 5.76 Å². The SMILES string of the molecule is COCC(C)NS(=O)(=O)c1cc(-c2ccno2)sc1C. The van der Waals surface area contributed by atoms with Crippen molar-refractivity contribution in [3.63, 3.8) is 0 Å². The molecule has 0 amide bonds. The van der Waals surface area contributed by atoms with Crippen LogP contribution in [-0.2, 0) is 14.8 Å². The van der Waals surface area contributed by atoms with Gasteiger partial charge in [-0.3, -0.25) is 0 Å². The van der Waals surface area contributed by atoms with Crippen LogP contribution in [0.4, 0.5) is 0 Å². The van der Waals surface area contributed by atoms with Crippen molar-refractivity contribution in [2.45, 2.75) is 24.8 Å². The molecular weight excluding hydrogens is 300 g/mol. The number of rotatable bonds is 6. The van der Waals surface area contributed by atoms with Crippen molar-refractivity contribution in [3.8, 4) is 10.6 Å². The van der Waals surface area contributed by atoms with Crippen LogP contribution >= 0.6 is 11.3 Å². The smallest absolute Gasteiger partial charge is 0.242 e. The van der Waals surface area contributed by atoms with E-state index >= 15 is 0 Å². The van der Waals surface area contributed by atoms with Crippen molar-refractivity contribution in [2.75, 3.05) is 13.7 Å². The van der Waals surface area contributed by atoms with Crippen molar-refractivity contribution in [2.24, 2.45) is 0 Å². The van der Waals surface area contributed by atoms with Crippen molar-refractivity contribution in [1.29, 1.82) is 0 Å². The third-order valence-corrected chi connectivity index (χ3v) is 5.53. The van der Waals surface area contributed by atoms with E-state index < -0.39 is 10.0 Å². The zero-order valence-corrected chi connectivity index (χ0v) is 13.0. The number of sulfonamides is 1. The highest BCUT2D eigenvalue weighted by Gasteiger charge is 2.23. The Balaban J connectivity index is 2.28. The lowest BCUT2D eigenvalue weighted by atomic mass is 10.3. The van der Waals surface area contributed by atoms with Crippen LogP contribution in [0.15, 0.2) is 27.7 Å². The van der Waals surface area contributed by atoms with Gasteiger partial charge in [0.1, 0.15) is 0 Å². The zero-order valence-electron chi connectivity index (χ0n) is 11.4. The number of hydrogen-bond donors (Lipinski definition) is 1. The van der Waals surface area contributed by atoms with Crippen LogP contribution in [0.2, 0.25) is 0 Å². The molecule has 0 aliphatic heterocycles. The summed E-state index contributed by atoms with van der Waals surface area (Å²) in [7, 11) is -2.03. The summed E-state index contributed by atoms with van der Waals surface area (Å²) in [5.41, 5.74) is 0. The van der Waals surface area contributed by atoms with Gasteiger partial charge in [0, 0.05) is 24.1 Å². The maximum Gasteiger partial charge on any atom is 0.242 e. The minimum atomic E-state index is -3.56. The predicted octanol–water partition coefficient (Wildman–Crippen LogP) is 2.02. The van der Waals surface area contributed by atoms with Gasteiger partial charge in [0.05, 0.1) is 22.6 Å². The van der Waals surface area contributed by atoms with E-state index in [0.29, 0.717) is 17.2 Å². The summed E-state index contributed by atoms with van der Waals surface area (Å²) in [6.07, 6.45) is 1.53. The second-order valence-electron chi connectivity index (χ2n) is 4.39. The highest BCUT2D eigenvalue weighted by molar-refractivity contribution is 7.89. The maximum absolute atomic E-state index is 12.3. The van der Waals surface area contributed by atoms with Crippen LogP contribution < -0.4 is 4.72 Å². The molecule has 0 radical (unpaired) electrons. The lowest BCUT2D eigenvalue weighted by molar-refractivity contribution is 0.180. The van der Waals surface area contributed by atoms with E-state index in [0.717, 1.165) is 4.88 Å². The average Bonchev–Trinajstić information content (AvgIpc) is 2.96. The number of methoxy groups -OCH3 is 1. The number of aromatic nitrogens is 1. The molecule has 6 nitrogen and oxygen atoms in total. The third-order valence-electron chi connectivity index (χ3n) is 2.62. The van der Waals surface area contributed by atoms with Crippen molar-refractivity contribution in [1.82, 2.24) is 9.88 Å². The lowest BCUT2D eigenvalue weighted by Crippen LogP contribution is -2.35. The largest absolute Gasteiger partial charge is 0.383 e. The molecule has 0 spiro atoms. The molecule has 0 saturated heterocycles. The van der Waals surface area contributed by atoms with Gasteiger partial charge < -0.3 is 9.26 Å². The lowest BCUT2D eigenvalue weighted by Gasteiger charge is -2.12. The number of nitrogens with one attached hydrogen (secondary N) is 1. The summed E-state index contributed by atoms with van der Waals surface area (Å²) >= 11 is 1.36. The van der Waals surface area contributed by atoms with Gasteiger partial charge in [-0.05, 0) is 19.9 Å². The van der Waals surface area contributed by atoms with E-state index in [-0.39, 0.29) is 10.9 Å². The first kappa shape index (κ1) is 15.2. The van der Waals surface area contributed by atoms with E-state index in [9.17, 15) is 8.42 Å². The van der Waals surface area contributed by atoms with Crippen molar-refractivity contribution >= 4 is 21.4 Å². The molecule has 20 heavy (non-hydrogen) atoms. The molecule has 0 aliphatic carbocycles. The molecule has 1 atom stereocenters. The Morgan fingerprint density at radius 3 is 2.90 bits per heavy atom. The van der Waals surface area contributed by atoms with E-state index in [1.807, 2.05) is 0 Å². The molecule has 0 aliphatic rings. The molecule has 2 aromatic rings. The van der Waals surface area contributed by atoms with E-state index in [1.165, 1.54) is 24.6 Å². The standard InChI is InChI=1S/C12H16N2O4S2/c1-8(7-17-3)14-20(15,16)12-6-11(19-9(12)2)10-4-5-13-18-10/h4-6,8,14H,7H2,1-3H3. The van der Waals surface area contributed by atoms with Crippen molar-refractivity contribution in [3.05, 3.63) is 23.2 Å². The first-order valence-corrected chi connectivity index (χ1v) is 8.26. The van der Waals surface area contributed by atoms with Crippen LogP contribution in [0.5, 0.6) is 0 Å². The molecule has 2 heterocycles. The van der Waals surface area contributed by atoms with Gasteiger partial charge in [-0.25, -0.2) is 13.1 Å². The van der Waals surface area contributed by atoms with Gasteiger partial charge in [-0.15, -0.1) is 11.3 Å². The van der Waals surface area contributed by atoms with E-state index in [4.69, 9.17) is 9.26 Å². The van der Waals surface area contributed by atoms with Crippen molar-refractivity contribution < 1.29 is 17.7 Å². The molecule has 2 aromatic heterocycles. The van der Waals surface area contributed by atoms with Gasteiger partial charge in [0.25, 0.3) is 0 Å². The molecule has 0 aromatic carbocycles. The minimum Gasteiger partial charge on any atom is -0.383 e. The average molecular weight is 316 g/mol. The Bertz CT molecular complexity index is 662. The van der Waals surface area contributed by atoms with Gasteiger partial charge in [-0.1, -0.05) is 5.16 Å². The monoisotopic (exact) mass is 316 g/mol. The molecular formula is C12H16N2O4S2. The van der Waals surface area contributed by atoms with Crippen LogP contribution in [-0.4, -0.2) is 33.3 Å². The Morgan fingerprint density at radius 1 is 1.55 bits per heavy atom. The molecule has 1 unspecified atom stereocenters. The normalized spacial score (nSPS) is 13.6. The fraction of sp³-hybridized carbons (Fsp3) is 0.417. The number of nitrogens with zero attached hydrogens (tertiary/aromatic N) is 1. The Morgan fingerprint density at radius 2 is 2.30 bits per heavy atom. The predicted molar refractivity (Wildman–Crippen MR) is 76.2 cm³/mol. The highest BCUT2D eigenvalue weighted by atomic mass is 32.2. The molecule has 110 valence electrons. The molecule has 0 saturated carbocycles. The summed E-state index contributed by atoms with van der Waals surface area (Å²) in [6.45, 7) is 3.83. The molecule has 8 heteroatoms. The molecule has 1 N–H and O–H groups in total. The molecule has 0 bridgehead atoms. The van der Waals surface area contributed by atoms with Crippen LogP contribution in [0.1, 0.15) is 11.8 Å². The third kappa shape index (κ3) is 3.26. The first-order valence-electron chi connectivity index (χ1n) is 5.97. The highest BCUT2D eigenvalue weighted by Crippen LogP contribution is 2.33. The zero-order chi connectivity index (χ0) is 14.8. The summed E-state index contributed by atoms with van der Waals surface area (Å²) < 4.78 is 37.2. The number of ether oxygens (including phenoxy) is 1. The number of aryl methyl sites for hydroxylation is 1. The first-order chi connectivity index (χ1) is 9.44. The Kier molecular flexibility index (Phi) is 4.59. The summed E-state index contributed by atoms with van der Waals surface area (Å²) in [4.78, 5) is 1.70. The molecule has 2 rings (SSSR count). The Labute approximate surface area is 121 Å². The van der Waals surface area contributed by atoms with E-state index in [1.54, 1.807) is 26.0 Å². The van der Waals surface area contributed by atoms with Gasteiger partial charge in [-0.2, -0.15) is 0 Å². The van der Waals surface area contributed by atoms with E-state index in [2.05, 4.69) is 9.88 Å². The maximum atomic E-state index is 12.3. The van der Waals surface area contributed by atoms with Crippen LogP contribution in [0, 0.1) is 6.92 Å². The summed E-state index contributed by atoms with van der Waals surface area (Å²) in [5.74, 6) is 0.560. The molecule has 0 fully saturated rings. The van der Waals surface area contributed by atoms with Crippen LogP contribution in [0.25, 0.3) is 10.6 Å². The summed E-state index contributed by atoms with van der Waals surface area (Å²) in [5, 5.41) is 3.62. The summed E-state index contributed by atoms with van der Waals surface area (Å²) in [6, 6.07) is 3.00. The van der Waals surface area contributed by atoms with Gasteiger partial charge in [0.2, 0.25) is 10.0 Å². The minimum absolute atomic E-state index is 0.261. The second-order valence-corrected chi connectivity index (χ2v) is 7.32. The number of thiophene rings is 1. The fourth-order valence-electron chi connectivity index (χ4n) is 1.81. The van der Waals surface area contributed by atoms with Crippen LogP contribution in [0.3, 0.4) is 0 Å².